The summed E-state index contributed by atoms with van der Waals surface area (Å²) in [6, 6.07) is 0. The Bertz CT molecular complexity index is 373. The Hall–Kier alpha value is -0.980. The van der Waals surface area contributed by atoms with Crippen molar-refractivity contribution in [3.63, 3.8) is 0 Å². The number of aryl methyl sites for hydroxylation is 1. The van der Waals surface area contributed by atoms with Gasteiger partial charge in [-0.25, -0.2) is 9.67 Å². The van der Waals surface area contributed by atoms with Crippen molar-refractivity contribution in [1.82, 2.24) is 25.0 Å². The normalized spacial score (nSPS) is 17.7. The predicted octanol–water partition coefficient (Wildman–Crippen LogP) is 0.746. The van der Waals surface area contributed by atoms with Crippen LogP contribution >= 0.6 is 0 Å². The second-order valence-electron chi connectivity index (χ2n) is 5.41. The Morgan fingerprint density at radius 2 is 2.20 bits per heavy atom. The summed E-state index contributed by atoms with van der Waals surface area (Å²) in [5, 5.41) is 7.69. The summed E-state index contributed by atoms with van der Waals surface area (Å²) in [6.45, 7) is 9.12. The van der Waals surface area contributed by atoms with Crippen molar-refractivity contribution >= 4 is 0 Å². The summed E-state index contributed by atoms with van der Waals surface area (Å²) in [5.41, 5.74) is 0. The zero-order valence-electron chi connectivity index (χ0n) is 12.7. The summed E-state index contributed by atoms with van der Waals surface area (Å²) in [7, 11) is 1.75. The van der Waals surface area contributed by atoms with Crippen molar-refractivity contribution in [1.29, 1.82) is 0 Å². The van der Waals surface area contributed by atoms with E-state index in [9.17, 15) is 0 Å². The van der Waals surface area contributed by atoms with Gasteiger partial charge in [-0.2, -0.15) is 5.10 Å². The third-order valence-corrected chi connectivity index (χ3v) is 3.98. The number of methoxy groups -OCH3 is 1. The smallest absolute Gasteiger partial charge is 0.140 e. The highest BCUT2D eigenvalue weighted by Crippen LogP contribution is 2.17. The number of hydrogen-bond acceptors (Lipinski definition) is 5. The van der Waals surface area contributed by atoms with Gasteiger partial charge in [0.2, 0.25) is 0 Å². The van der Waals surface area contributed by atoms with Crippen LogP contribution in [0.1, 0.15) is 25.6 Å². The quantitative estimate of drug-likeness (QED) is 0.713. The number of hydrogen-bond donors (Lipinski definition) is 1. The van der Waals surface area contributed by atoms with Crippen molar-refractivity contribution in [2.45, 2.75) is 32.9 Å². The molecule has 0 aliphatic carbocycles. The van der Waals surface area contributed by atoms with E-state index in [-0.39, 0.29) is 0 Å². The molecule has 1 fully saturated rings. The molecule has 6 nitrogen and oxygen atoms in total. The molecule has 0 amide bonds. The first-order valence-corrected chi connectivity index (χ1v) is 7.62. The molecule has 2 rings (SSSR count). The molecule has 1 aliphatic heterocycles. The standard InChI is InChI=1S/C14H27N5O/c1-3-19-14(16-12-17-19)11-18-7-4-13(5-8-18)10-15-6-9-20-2/h12-13,15H,3-11H2,1-2H3. The average molecular weight is 281 g/mol. The van der Waals surface area contributed by atoms with E-state index >= 15 is 0 Å². The summed E-state index contributed by atoms with van der Waals surface area (Å²) in [6.07, 6.45) is 4.19. The fourth-order valence-electron chi connectivity index (χ4n) is 2.70. The molecule has 1 aromatic rings. The highest BCUT2D eigenvalue weighted by atomic mass is 16.5. The number of piperidine rings is 1. The Kier molecular flexibility index (Phi) is 6.42. The first kappa shape index (κ1) is 15.4. The minimum Gasteiger partial charge on any atom is -0.383 e. The van der Waals surface area contributed by atoms with Crippen molar-refractivity contribution in [2.75, 3.05) is 39.9 Å². The Balaban J connectivity index is 1.66. The van der Waals surface area contributed by atoms with Crippen LogP contribution in [0.4, 0.5) is 0 Å². The highest BCUT2D eigenvalue weighted by molar-refractivity contribution is 4.86. The van der Waals surface area contributed by atoms with Gasteiger partial charge in [-0.05, 0) is 45.3 Å². The fraction of sp³-hybridized carbons (Fsp3) is 0.857. The number of ether oxygens (including phenoxy) is 1. The van der Waals surface area contributed by atoms with E-state index in [1.165, 1.54) is 12.8 Å². The highest BCUT2D eigenvalue weighted by Gasteiger charge is 2.20. The van der Waals surface area contributed by atoms with Crippen molar-refractivity contribution in [3.8, 4) is 0 Å². The van der Waals surface area contributed by atoms with Gasteiger partial charge >= 0.3 is 0 Å². The Morgan fingerprint density at radius 3 is 2.90 bits per heavy atom. The van der Waals surface area contributed by atoms with E-state index in [1.54, 1.807) is 13.4 Å². The van der Waals surface area contributed by atoms with Crippen molar-refractivity contribution in [3.05, 3.63) is 12.2 Å². The average Bonchev–Trinajstić information content (AvgIpc) is 2.92. The molecule has 6 heteroatoms. The number of nitrogens with one attached hydrogen (secondary N) is 1. The lowest BCUT2D eigenvalue weighted by atomic mass is 9.97. The van der Waals surface area contributed by atoms with Crippen LogP contribution in [0.2, 0.25) is 0 Å². The van der Waals surface area contributed by atoms with Crippen LogP contribution in [0.25, 0.3) is 0 Å². The minimum absolute atomic E-state index is 0.797. The molecule has 0 spiro atoms. The lowest BCUT2D eigenvalue weighted by Gasteiger charge is -2.31. The topological polar surface area (TPSA) is 55.2 Å². The van der Waals surface area contributed by atoms with E-state index in [2.05, 4.69) is 27.2 Å². The monoisotopic (exact) mass is 281 g/mol. The van der Waals surface area contributed by atoms with Crippen LogP contribution in [0.5, 0.6) is 0 Å². The van der Waals surface area contributed by atoms with E-state index < -0.39 is 0 Å². The Labute approximate surface area is 121 Å². The summed E-state index contributed by atoms with van der Waals surface area (Å²) in [4.78, 5) is 6.84. The van der Waals surface area contributed by atoms with E-state index in [0.29, 0.717) is 0 Å². The van der Waals surface area contributed by atoms with Gasteiger partial charge in [-0.3, -0.25) is 4.90 Å². The molecule has 0 bridgehead atoms. The van der Waals surface area contributed by atoms with Crippen LogP contribution in [-0.4, -0.2) is 59.6 Å². The van der Waals surface area contributed by atoms with Crippen LogP contribution < -0.4 is 5.32 Å². The molecule has 1 aromatic heterocycles. The second-order valence-corrected chi connectivity index (χ2v) is 5.41. The van der Waals surface area contributed by atoms with E-state index in [0.717, 1.165) is 57.6 Å². The van der Waals surface area contributed by atoms with Crippen molar-refractivity contribution in [2.24, 2.45) is 5.92 Å². The first-order valence-electron chi connectivity index (χ1n) is 7.62. The van der Waals surface area contributed by atoms with Gasteiger partial charge in [0.1, 0.15) is 12.2 Å². The predicted molar refractivity (Wildman–Crippen MR) is 78.4 cm³/mol. The molecule has 2 heterocycles. The van der Waals surface area contributed by atoms with Gasteiger partial charge in [0.05, 0.1) is 13.2 Å². The number of likely N-dealkylation sites (tertiary alicyclic amines) is 1. The maximum absolute atomic E-state index is 5.04. The summed E-state index contributed by atoms with van der Waals surface area (Å²) in [5.74, 6) is 1.89. The lowest BCUT2D eigenvalue weighted by molar-refractivity contribution is 0.163. The third-order valence-electron chi connectivity index (χ3n) is 3.98. The molecule has 1 saturated heterocycles. The van der Waals surface area contributed by atoms with Crippen LogP contribution in [0.3, 0.4) is 0 Å². The van der Waals surface area contributed by atoms with Gasteiger partial charge in [0, 0.05) is 20.2 Å². The first-order chi connectivity index (χ1) is 9.83. The van der Waals surface area contributed by atoms with Gasteiger partial charge in [0.25, 0.3) is 0 Å². The Morgan fingerprint density at radius 1 is 1.40 bits per heavy atom. The number of nitrogens with zero attached hydrogens (tertiary/aromatic N) is 4. The molecule has 1 aliphatic rings. The largest absolute Gasteiger partial charge is 0.383 e. The van der Waals surface area contributed by atoms with Gasteiger partial charge < -0.3 is 10.1 Å². The molecule has 0 saturated carbocycles. The molecule has 114 valence electrons. The minimum atomic E-state index is 0.797. The van der Waals surface area contributed by atoms with Crippen LogP contribution in [0, 0.1) is 5.92 Å². The molecule has 0 unspecified atom stereocenters. The fourth-order valence-corrected chi connectivity index (χ4v) is 2.70. The molecular weight excluding hydrogens is 254 g/mol. The molecule has 0 radical (unpaired) electrons. The van der Waals surface area contributed by atoms with E-state index in [1.807, 2.05) is 4.68 Å². The van der Waals surface area contributed by atoms with Gasteiger partial charge in [-0.1, -0.05) is 0 Å². The zero-order valence-corrected chi connectivity index (χ0v) is 12.7. The molecule has 20 heavy (non-hydrogen) atoms. The summed E-state index contributed by atoms with van der Waals surface area (Å²) < 4.78 is 7.03. The maximum atomic E-state index is 5.04. The molecule has 1 N–H and O–H groups in total. The van der Waals surface area contributed by atoms with Crippen LogP contribution in [-0.2, 0) is 17.8 Å². The summed E-state index contributed by atoms with van der Waals surface area (Å²) >= 11 is 0. The second kappa shape index (κ2) is 8.34. The maximum Gasteiger partial charge on any atom is 0.140 e. The molecular formula is C14H27N5O. The molecule has 0 aromatic carbocycles. The van der Waals surface area contributed by atoms with Crippen molar-refractivity contribution < 1.29 is 4.74 Å². The van der Waals surface area contributed by atoms with E-state index in [4.69, 9.17) is 4.74 Å². The molecule has 0 atom stereocenters. The third kappa shape index (κ3) is 4.54. The SMILES string of the molecule is CCn1ncnc1CN1CCC(CNCCOC)CC1. The number of rotatable bonds is 8. The zero-order chi connectivity index (χ0) is 14.2. The lowest BCUT2D eigenvalue weighted by Crippen LogP contribution is -2.38. The van der Waals surface area contributed by atoms with Crippen LogP contribution in [0.15, 0.2) is 6.33 Å². The van der Waals surface area contributed by atoms with Gasteiger partial charge in [0.15, 0.2) is 0 Å². The van der Waals surface area contributed by atoms with Gasteiger partial charge in [-0.15, -0.1) is 0 Å². The number of aromatic nitrogens is 3.